The van der Waals surface area contributed by atoms with Crippen molar-refractivity contribution < 1.29 is 19.1 Å². The molecule has 0 bridgehead atoms. The first-order valence-corrected chi connectivity index (χ1v) is 11.1. The summed E-state index contributed by atoms with van der Waals surface area (Å²) in [6, 6.07) is 18.7. The highest BCUT2D eigenvalue weighted by Crippen LogP contribution is 2.29. The lowest BCUT2D eigenvalue weighted by molar-refractivity contribution is -0.122. The second-order valence-electron chi connectivity index (χ2n) is 7.36. The van der Waals surface area contributed by atoms with Crippen molar-refractivity contribution in [2.75, 3.05) is 4.90 Å². The van der Waals surface area contributed by atoms with E-state index in [1.165, 1.54) is 6.08 Å². The zero-order valence-electron chi connectivity index (χ0n) is 17.5. The number of nitrogens with zero attached hydrogens (tertiary/aromatic N) is 1. The number of hydrogen-bond acceptors (Lipinski definition) is 4. The quantitative estimate of drug-likeness (QED) is 0.345. The lowest BCUT2D eigenvalue weighted by Gasteiger charge is -2.26. The summed E-state index contributed by atoms with van der Waals surface area (Å²) in [5, 5.41) is 2.81. The van der Waals surface area contributed by atoms with Gasteiger partial charge in [0.2, 0.25) is 0 Å². The fourth-order valence-electron chi connectivity index (χ4n) is 3.35. The first kappa shape index (κ1) is 22.8. The van der Waals surface area contributed by atoms with E-state index in [2.05, 4.69) is 21.2 Å². The standard InChI is InChI=1S/C25H18BrClN2O4/c1-15-5-4-7-19(11-15)29-24(31)20(23(30)28-25(29)32)13-17-12-18(26)9-10-22(17)33-14-16-6-2-3-8-21(16)27/h2-13H,14H2,1H3,(H,28,30,32)/b20-13+. The SMILES string of the molecule is Cc1cccc(N2C(=O)NC(=O)/C(=C\c3cc(Br)ccc3OCc3ccccc3Cl)C2=O)c1. The van der Waals surface area contributed by atoms with Crippen LogP contribution in [0.5, 0.6) is 5.75 Å². The Hall–Kier alpha value is -3.42. The van der Waals surface area contributed by atoms with Gasteiger partial charge in [0, 0.05) is 20.6 Å². The van der Waals surface area contributed by atoms with Gasteiger partial charge in [0.1, 0.15) is 17.9 Å². The van der Waals surface area contributed by atoms with Gasteiger partial charge < -0.3 is 4.74 Å². The zero-order chi connectivity index (χ0) is 23.5. The monoisotopic (exact) mass is 524 g/mol. The Morgan fingerprint density at radius 3 is 2.58 bits per heavy atom. The Morgan fingerprint density at radius 1 is 1.03 bits per heavy atom. The molecular weight excluding hydrogens is 508 g/mol. The molecule has 1 heterocycles. The van der Waals surface area contributed by atoms with Gasteiger partial charge >= 0.3 is 6.03 Å². The fraction of sp³-hybridized carbons (Fsp3) is 0.0800. The molecule has 0 aliphatic carbocycles. The van der Waals surface area contributed by atoms with Crippen molar-refractivity contribution in [1.82, 2.24) is 5.32 Å². The predicted molar refractivity (Wildman–Crippen MR) is 130 cm³/mol. The molecule has 4 rings (SSSR count). The number of carbonyl (C=O) groups is 3. The highest BCUT2D eigenvalue weighted by atomic mass is 79.9. The molecule has 3 aromatic carbocycles. The van der Waals surface area contributed by atoms with Crippen LogP contribution in [-0.2, 0) is 16.2 Å². The number of imide groups is 2. The number of amides is 4. The summed E-state index contributed by atoms with van der Waals surface area (Å²) in [6.45, 7) is 2.05. The number of nitrogens with one attached hydrogen (secondary N) is 1. The Kier molecular flexibility index (Phi) is 6.62. The average molecular weight is 526 g/mol. The molecule has 6 nitrogen and oxygen atoms in total. The number of aryl methyl sites for hydroxylation is 1. The van der Waals surface area contributed by atoms with Crippen molar-refractivity contribution in [3.63, 3.8) is 0 Å². The van der Waals surface area contributed by atoms with Crippen LogP contribution >= 0.6 is 27.5 Å². The normalized spacial score (nSPS) is 15.1. The van der Waals surface area contributed by atoms with Gasteiger partial charge in [0.15, 0.2) is 0 Å². The lowest BCUT2D eigenvalue weighted by atomic mass is 10.1. The van der Waals surface area contributed by atoms with E-state index in [0.29, 0.717) is 22.0 Å². The molecule has 0 atom stereocenters. The maximum atomic E-state index is 13.2. The fourth-order valence-corrected chi connectivity index (χ4v) is 3.92. The molecule has 0 aromatic heterocycles. The minimum absolute atomic E-state index is 0.184. The molecule has 8 heteroatoms. The molecule has 0 spiro atoms. The molecule has 4 amide bonds. The van der Waals surface area contributed by atoms with Crippen molar-refractivity contribution in [2.24, 2.45) is 0 Å². The van der Waals surface area contributed by atoms with E-state index < -0.39 is 17.8 Å². The molecule has 1 aliphatic rings. The van der Waals surface area contributed by atoms with Gasteiger partial charge in [-0.2, -0.15) is 0 Å². The van der Waals surface area contributed by atoms with Gasteiger partial charge in [0.05, 0.1) is 5.69 Å². The van der Waals surface area contributed by atoms with Crippen molar-refractivity contribution >= 4 is 57.1 Å². The number of urea groups is 1. The largest absolute Gasteiger partial charge is 0.488 e. The van der Waals surface area contributed by atoms with E-state index in [0.717, 1.165) is 20.5 Å². The molecule has 0 saturated carbocycles. The summed E-state index contributed by atoms with van der Waals surface area (Å²) in [7, 11) is 0. The van der Waals surface area contributed by atoms with E-state index in [-0.39, 0.29) is 12.2 Å². The Bertz CT molecular complexity index is 1310. The number of halogens is 2. The predicted octanol–water partition coefficient (Wildman–Crippen LogP) is 5.66. The number of ether oxygens (including phenoxy) is 1. The van der Waals surface area contributed by atoms with Crippen LogP contribution in [0.2, 0.25) is 5.02 Å². The van der Waals surface area contributed by atoms with E-state index in [1.807, 2.05) is 31.2 Å². The molecule has 1 saturated heterocycles. The molecule has 0 radical (unpaired) electrons. The third-order valence-electron chi connectivity index (χ3n) is 4.97. The number of barbiturate groups is 1. The highest BCUT2D eigenvalue weighted by Gasteiger charge is 2.37. The first-order chi connectivity index (χ1) is 15.8. The summed E-state index contributed by atoms with van der Waals surface area (Å²) >= 11 is 9.62. The second kappa shape index (κ2) is 9.60. The summed E-state index contributed by atoms with van der Waals surface area (Å²) < 4.78 is 6.68. The minimum Gasteiger partial charge on any atom is -0.488 e. The van der Waals surface area contributed by atoms with E-state index in [1.54, 1.807) is 42.5 Å². The van der Waals surface area contributed by atoms with Crippen molar-refractivity contribution in [3.8, 4) is 5.75 Å². The highest BCUT2D eigenvalue weighted by molar-refractivity contribution is 9.10. The van der Waals surface area contributed by atoms with Gasteiger partial charge in [-0.3, -0.25) is 14.9 Å². The molecule has 0 unspecified atom stereocenters. The number of rotatable bonds is 5. The van der Waals surface area contributed by atoms with Gasteiger partial charge in [-0.1, -0.05) is 57.9 Å². The summed E-state index contributed by atoms with van der Waals surface area (Å²) in [4.78, 5) is 39.1. The van der Waals surface area contributed by atoms with Crippen LogP contribution in [0, 0.1) is 6.92 Å². The van der Waals surface area contributed by atoms with Crippen molar-refractivity contribution in [1.29, 1.82) is 0 Å². The van der Waals surface area contributed by atoms with Gasteiger partial charge in [-0.05, 0) is 55.0 Å². The number of hydrogen-bond donors (Lipinski definition) is 1. The van der Waals surface area contributed by atoms with Gasteiger partial charge in [0.25, 0.3) is 11.8 Å². The van der Waals surface area contributed by atoms with Crippen LogP contribution in [0.25, 0.3) is 6.08 Å². The molecule has 1 N–H and O–H groups in total. The topological polar surface area (TPSA) is 75.7 Å². The molecule has 33 heavy (non-hydrogen) atoms. The molecule has 1 aliphatic heterocycles. The van der Waals surface area contributed by atoms with Crippen LogP contribution in [0.1, 0.15) is 16.7 Å². The third kappa shape index (κ3) is 4.99. The zero-order valence-corrected chi connectivity index (χ0v) is 19.8. The maximum Gasteiger partial charge on any atom is 0.335 e. The number of anilines is 1. The van der Waals surface area contributed by atoms with Crippen LogP contribution in [0.4, 0.5) is 10.5 Å². The summed E-state index contributed by atoms with van der Waals surface area (Å²) in [5.41, 5.74) is 2.35. The smallest absolute Gasteiger partial charge is 0.335 e. The van der Waals surface area contributed by atoms with E-state index in [4.69, 9.17) is 16.3 Å². The second-order valence-corrected chi connectivity index (χ2v) is 8.68. The molecule has 1 fully saturated rings. The van der Waals surface area contributed by atoms with E-state index in [9.17, 15) is 14.4 Å². The summed E-state index contributed by atoms with van der Waals surface area (Å²) in [5.74, 6) is -1.04. The third-order valence-corrected chi connectivity index (χ3v) is 5.84. The van der Waals surface area contributed by atoms with Crippen LogP contribution < -0.4 is 15.0 Å². The Labute approximate surface area is 203 Å². The number of carbonyl (C=O) groups excluding carboxylic acids is 3. The summed E-state index contributed by atoms with van der Waals surface area (Å²) in [6.07, 6.45) is 1.42. The van der Waals surface area contributed by atoms with Crippen LogP contribution in [0.3, 0.4) is 0 Å². The Morgan fingerprint density at radius 2 is 1.82 bits per heavy atom. The minimum atomic E-state index is -0.794. The van der Waals surface area contributed by atoms with Gasteiger partial charge in [-0.15, -0.1) is 0 Å². The Balaban J connectivity index is 1.69. The van der Waals surface area contributed by atoms with Crippen molar-refractivity contribution in [3.05, 3.63) is 98.5 Å². The van der Waals surface area contributed by atoms with E-state index >= 15 is 0 Å². The first-order valence-electron chi connectivity index (χ1n) is 9.97. The van der Waals surface area contributed by atoms with Crippen LogP contribution in [-0.4, -0.2) is 17.8 Å². The molecule has 3 aromatic rings. The number of benzene rings is 3. The maximum absolute atomic E-state index is 13.2. The molecular formula is C25H18BrClN2O4. The van der Waals surface area contributed by atoms with Crippen molar-refractivity contribution in [2.45, 2.75) is 13.5 Å². The average Bonchev–Trinajstić information content (AvgIpc) is 2.77. The van der Waals surface area contributed by atoms with Crippen LogP contribution in [0.15, 0.2) is 76.8 Å². The molecule has 166 valence electrons. The lowest BCUT2D eigenvalue weighted by Crippen LogP contribution is -2.54. The van der Waals surface area contributed by atoms with Gasteiger partial charge in [-0.25, -0.2) is 9.69 Å².